The van der Waals surface area contributed by atoms with Gasteiger partial charge in [-0.1, -0.05) is 0 Å². The summed E-state index contributed by atoms with van der Waals surface area (Å²) in [7, 11) is 0. The van der Waals surface area contributed by atoms with Gasteiger partial charge in [0, 0.05) is 40.9 Å². The lowest BCUT2D eigenvalue weighted by Gasteiger charge is -2.37. The molecule has 122 valence electrons. The zero-order chi connectivity index (χ0) is 16.4. The highest BCUT2D eigenvalue weighted by Gasteiger charge is 2.28. The third-order valence-corrected chi connectivity index (χ3v) is 5.89. The lowest BCUT2D eigenvalue weighted by molar-refractivity contribution is 0.590. The van der Waals surface area contributed by atoms with Crippen LogP contribution in [0.25, 0.3) is 22.3 Å². The largest absolute Gasteiger partial charge is 0.455 e. The summed E-state index contributed by atoms with van der Waals surface area (Å²) in [4.78, 5) is 2.56. The number of nitrogens with one attached hydrogen (secondary N) is 1. The second-order valence-electron chi connectivity index (χ2n) is 7.28. The molecular formula is C21H22N2O. The zero-order valence-corrected chi connectivity index (χ0v) is 14.3. The molecular weight excluding hydrogens is 296 g/mol. The Hall–Kier alpha value is -2.29. The summed E-state index contributed by atoms with van der Waals surface area (Å²) in [5.74, 6) is 0.886. The van der Waals surface area contributed by atoms with Crippen molar-refractivity contribution in [3.63, 3.8) is 0 Å². The van der Waals surface area contributed by atoms with E-state index in [1.807, 2.05) is 19.1 Å². The maximum atomic E-state index is 8.11. The van der Waals surface area contributed by atoms with Crippen LogP contribution in [-0.2, 0) is 12.8 Å². The Morgan fingerprint density at radius 2 is 1.83 bits per heavy atom. The Bertz CT molecular complexity index is 1010. The third-order valence-electron chi connectivity index (χ3n) is 5.89. The SMILES string of the molecule is Cc1c2oc3c4c5c(cc3c(C)c-2ccc1=N)CCCN5CCC4. The van der Waals surface area contributed by atoms with Gasteiger partial charge < -0.3 is 14.7 Å². The van der Waals surface area contributed by atoms with Crippen LogP contribution in [0.5, 0.6) is 0 Å². The molecule has 24 heavy (non-hydrogen) atoms. The number of hydrogen-bond acceptors (Lipinski definition) is 3. The maximum Gasteiger partial charge on any atom is 0.140 e. The minimum absolute atomic E-state index is 0.554. The smallest absolute Gasteiger partial charge is 0.140 e. The van der Waals surface area contributed by atoms with Gasteiger partial charge >= 0.3 is 0 Å². The van der Waals surface area contributed by atoms with Gasteiger partial charge in [-0.15, -0.1) is 0 Å². The van der Waals surface area contributed by atoms with Crippen LogP contribution >= 0.6 is 0 Å². The normalized spacial score (nSPS) is 16.7. The number of rotatable bonds is 0. The maximum absolute atomic E-state index is 8.11. The van der Waals surface area contributed by atoms with Crippen LogP contribution in [0.1, 0.15) is 35.1 Å². The van der Waals surface area contributed by atoms with Crippen molar-refractivity contribution in [3.8, 4) is 11.3 Å². The third kappa shape index (κ3) is 1.75. The lowest BCUT2D eigenvalue weighted by atomic mass is 9.87. The van der Waals surface area contributed by atoms with Crippen molar-refractivity contribution >= 4 is 16.7 Å². The molecule has 0 unspecified atom stereocenters. The Morgan fingerprint density at radius 3 is 2.67 bits per heavy atom. The Morgan fingerprint density at radius 1 is 1.04 bits per heavy atom. The van der Waals surface area contributed by atoms with Gasteiger partial charge in [0.2, 0.25) is 0 Å². The first-order chi connectivity index (χ1) is 11.6. The molecule has 1 aliphatic carbocycles. The number of benzene rings is 2. The number of nitrogens with zero attached hydrogens (tertiary/aromatic N) is 1. The van der Waals surface area contributed by atoms with Crippen molar-refractivity contribution in [3.05, 3.63) is 45.8 Å². The lowest BCUT2D eigenvalue weighted by Crippen LogP contribution is -2.34. The first kappa shape index (κ1) is 14.1. The van der Waals surface area contributed by atoms with E-state index in [0.29, 0.717) is 5.36 Å². The first-order valence-corrected chi connectivity index (χ1v) is 8.96. The zero-order valence-electron chi connectivity index (χ0n) is 14.3. The predicted molar refractivity (Wildman–Crippen MR) is 97.0 cm³/mol. The molecule has 0 fully saturated rings. The van der Waals surface area contributed by atoms with Gasteiger partial charge in [-0.3, -0.25) is 0 Å². The van der Waals surface area contributed by atoms with Gasteiger partial charge in [0.25, 0.3) is 0 Å². The van der Waals surface area contributed by atoms with Gasteiger partial charge in [0.15, 0.2) is 0 Å². The van der Waals surface area contributed by atoms with Gasteiger partial charge in [-0.2, -0.15) is 0 Å². The highest BCUT2D eigenvalue weighted by molar-refractivity contribution is 5.95. The van der Waals surface area contributed by atoms with Gasteiger partial charge in [-0.05, 0) is 68.9 Å². The van der Waals surface area contributed by atoms with E-state index in [4.69, 9.17) is 9.83 Å². The minimum atomic E-state index is 0.554. The Kier molecular flexibility index (Phi) is 2.85. The molecule has 0 atom stereocenters. The van der Waals surface area contributed by atoms with Crippen molar-refractivity contribution in [2.45, 2.75) is 39.5 Å². The number of aryl methyl sites for hydroxylation is 3. The molecule has 3 aliphatic heterocycles. The fourth-order valence-corrected chi connectivity index (χ4v) is 4.59. The van der Waals surface area contributed by atoms with Crippen molar-refractivity contribution in [2.24, 2.45) is 0 Å². The van der Waals surface area contributed by atoms with Crippen molar-refractivity contribution in [2.75, 3.05) is 18.0 Å². The predicted octanol–water partition coefficient (Wildman–Crippen LogP) is 4.33. The van der Waals surface area contributed by atoms with E-state index < -0.39 is 0 Å². The summed E-state index contributed by atoms with van der Waals surface area (Å²) in [6.45, 7) is 6.55. The highest BCUT2D eigenvalue weighted by Crippen LogP contribution is 2.43. The second kappa shape index (κ2) is 4.85. The Labute approximate surface area is 141 Å². The molecule has 0 aromatic heterocycles. The first-order valence-electron chi connectivity index (χ1n) is 8.96. The molecule has 1 aromatic carbocycles. The van der Waals surface area contributed by atoms with Crippen LogP contribution in [-0.4, -0.2) is 13.1 Å². The van der Waals surface area contributed by atoms with E-state index in [1.165, 1.54) is 60.1 Å². The highest BCUT2D eigenvalue weighted by atomic mass is 16.3. The summed E-state index contributed by atoms with van der Waals surface area (Å²) >= 11 is 0. The van der Waals surface area contributed by atoms with Crippen LogP contribution < -0.4 is 10.3 Å². The molecule has 4 aliphatic rings. The molecule has 0 spiro atoms. The molecule has 1 aromatic rings. The molecule has 3 nitrogen and oxygen atoms in total. The van der Waals surface area contributed by atoms with Gasteiger partial charge in [0.1, 0.15) is 11.3 Å². The van der Waals surface area contributed by atoms with Crippen molar-refractivity contribution in [1.29, 1.82) is 5.41 Å². The van der Waals surface area contributed by atoms with E-state index in [2.05, 4.69) is 17.9 Å². The average molecular weight is 318 g/mol. The van der Waals surface area contributed by atoms with Crippen LogP contribution in [0, 0.1) is 19.3 Å². The summed E-state index contributed by atoms with van der Waals surface area (Å²) in [5, 5.41) is 9.92. The van der Waals surface area contributed by atoms with E-state index >= 15 is 0 Å². The molecule has 3 heterocycles. The molecule has 5 rings (SSSR count). The standard InChI is InChI=1S/C21H22N2O/c1-12-15-7-8-18(22)13(2)20(15)24-21-16-6-4-10-23-9-3-5-14(19(16)23)11-17(12)21/h7-8,11,22H,3-6,9-10H2,1-2H3. The van der Waals surface area contributed by atoms with Crippen LogP contribution in [0.2, 0.25) is 0 Å². The molecule has 1 N–H and O–H groups in total. The van der Waals surface area contributed by atoms with E-state index in [1.54, 1.807) is 0 Å². The fourth-order valence-electron chi connectivity index (χ4n) is 4.59. The number of hydrogen-bond donors (Lipinski definition) is 1. The van der Waals surface area contributed by atoms with Crippen molar-refractivity contribution < 1.29 is 4.42 Å². The molecule has 0 saturated heterocycles. The topological polar surface area (TPSA) is 40.2 Å². The van der Waals surface area contributed by atoms with Crippen LogP contribution in [0.15, 0.2) is 22.6 Å². The minimum Gasteiger partial charge on any atom is -0.455 e. The second-order valence-corrected chi connectivity index (χ2v) is 7.28. The van der Waals surface area contributed by atoms with Crippen molar-refractivity contribution in [1.82, 2.24) is 0 Å². The molecule has 0 radical (unpaired) electrons. The van der Waals surface area contributed by atoms with E-state index in [0.717, 1.165) is 28.9 Å². The van der Waals surface area contributed by atoms with Gasteiger partial charge in [-0.25, -0.2) is 0 Å². The van der Waals surface area contributed by atoms with Crippen LogP contribution in [0.4, 0.5) is 5.69 Å². The Balaban J connectivity index is 1.97. The molecule has 0 saturated carbocycles. The van der Waals surface area contributed by atoms with Crippen LogP contribution in [0.3, 0.4) is 0 Å². The summed E-state index contributed by atoms with van der Waals surface area (Å²) in [5.41, 5.74) is 8.77. The average Bonchev–Trinajstić information content (AvgIpc) is 2.60. The molecule has 0 bridgehead atoms. The number of anilines is 1. The van der Waals surface area contributed by atoms with E-state index in [-0.39, 0.29) is 0 Å². The molecule has 3 heteroatoms. The quantitative estimate of drug-likeness (QED) is 0.627. The molecule has 0 amide bonds. The van der Waals surface area contributed by atoms with E-state index in [9.17, 15) is 0 Å². The monoisotopic (exact) mass is 318 g/mol. The summed E-state index contributed by atoms with van der Waals surface area (Å²) in [6.07, 6.45) is 4.74. The summed E-state index contributed by atoms with van der Waals surface area (Å²) < 4.78 is 6.46. The fraction of sp³-hybridized carbons (Fsp3) is 0.381. The number of fused-ring (bicyclic) bond motifs is 3. The summed E-state index contributed by atoms with van der Waals surface area (Å²) in [6, 6.07) is 6.30. The van der Waals surface area contributed by atoms with Gasteiger partial charge in [0.05, 0.1) is 5.36 Å².